The Balaban J connectivity index is 2.68. The molecule has 0 amide bonds. The van der Waals surface area contributed by atoms with Gasteiger partial charge in [0.1, 0.15) is 5.60 Å². The summed E-state index contributed by atoms with van der Waals surface area (Å²) >= 11 is 4.68. The maximum absolute atomic E-state index is 11.8. The molecule has 0 spiro atoms. The van der Waals surface area contributed by atoms with Gasteiger partial charge in [-0.1, -0.05) is 19.8 Å². The van der Waals surface area contributed by atoms with Crippen molar-refractivity contribution in [3.63, 3.8) is 0 Å². The smallest absolute Gasteiger partial charge is 0.310 e. The number of hydrazone groups is 1. The highest BCUT2D eigenvalue weighted by Gasteiger charge is 2.45. The topological polar surface area (TPSA) is 76.7 Å². The number of thiocarbonyl (C=S) groups is 1. The third kappa shape index (κ3) is 3.66. The van der Waals surface area contributed by atoms with Crippen LogP contribution in [0.3, 0.4) is 0 Å². The summed E-state index contributed by atoms with van der Waals surface area (Å²) in [5.41, 5.74) is 7.87. The molecule has 1 saturated heterocycles. The predicted molar refractivity (Wildman–Crippen MR) is 75.2 cm³/mol. The lowest BCUT2D eigenvalue weighted by Gasteiger charge is -2.22. The molecular weight excluding hydrogens is 250 g/mol. The number of hydrogen-bond acceptors (Lipinski definition) is 4. The molecule has 0 aliphatic carbocycles. The molecule has 1 rings (SSSR count). The van der Waals surface area contributed by atoms with E-state index in [1.54, 1.807) is 6.92 Å². The predicted octanol–water partition coefficient (Wildman–Crippen LogP) is 1.71. The fourth-order valence-corrected chi connectivity index (χ4v) is 2.10. The van der Waals surface area contributed by atoms with Gasteiger partial charge in [0.25, 0.3) is 0 Å². The Morgan fingerprint density at radius 2 is 2.39 bits per heavy atom. The zero-order chi connectivity index (χ0) is 13.8. The van der Waals surface area contributed by atoms with E-state index in [1.807, 2.05) is 6.92 Å². The summed E-state index contributed by atoms with van der Waals surface area (Å²) < 4.78 is 5.46. The van der Waals surface area contributed by atoms with Crippen LogP contribution in [-0.4, -0.2) is 22.4 Å². The van der Waals surface area contributed by atoms with E-state index in [1.165, 1.54) is 0 Å². The molecule has 102 valence electrons. The molecule has 0 aromatic rings. The number of hydrogen-bond donors (Lipinski definition) is 2. The van der Waals surface area contributed by atoms with Gasteiger partial charge in [0.15, 0.2) is 5.11 Å². The van der Waals surface area contributed by atoms with Gasteiger partial charge in [0.05, 0.1) is 11.6 Å². The molecule has 0 saturated carbocycles. The lowest BCUT2D eigenvalue weighted by molar-refractivity contribution is -0.146. The molecule has 5 nitrogen and oxygen atoms in total. The van der Waals surface area contributed by atoms with Crippen molar-refractivity contribution in [1.29, 1.82) is 0 Å². The first-order chi connectivity index (χ1) is 8.39. The molecule has 18 heavy (non-hydrogen) atoms. The Kier molecular flexibility index (Phi) is 5.07. The number of nitrogens with one attached hydrogen (secondary N) is 1. The first-order valence-electron chi connectivity index (χ1n) is 6.22. The van der Waals surface area contributed by atoms with Crippen LogP contribution in [-0.2, 0) is 9.53 Å². The minimum Gasteiger partial charge on any atom is -0.453 e. The van der Waals surface area contributed by atoms with Gasteiger partial charge in [-0.2, -0.15) is 5.10 Å². The van der Waals surface area contributed by atoms with Crippen LogP contribution in [0.4, 0.5) is 0 Å². The normalized spacial score (nSPS) is 28.1. The number of rotatable bonds is 5. The molecule has 2 unspecified atom stereocenters. The van der Waals surface area contributed by atoms with Gasteiger partial charge >= 0.3 is 5.97 Å². The number of esters is 1. The molecule has 3 N–H and O–H groups in total. The van der Waals surface area contributed by atoms with Crippen molar-refractivity contribution in [2.24, 2.45) is 16.8 Å². The van der Waals surface area contributed by atoms with Crippen LogP contribution in [0.15, 0.2) is 5.10 Å². The Bertz CT molecular complexity index is 370. The first kappa shape index (κ1) is 14.9. The molecule has 1 aliphatic rings. The van der Waals surface area contributed by atoms with E-state index >= 15 is 0 Å². The minimum atomic E-state index is -0.646. The van der Waals surface area contributed by atoms with E-state index in [0.717, 1.165) is 19.3 Å². The van der Waals surface area contributed by atoms with Crippen LogP contribution in [0, 0.1) is 5.92 Å². The maximum Gasteiger partial charge on any atom is 0.310 e. The monoisotopic (exact) mass is 271 g/mol. The highest BCUT2D eigenvalue weighted by molar-refractivity contribution is 7.80. The quantitative estimate of drug-likeness (QED) is 0.344. The maximum atomic E-state index is 11.8. The average Bonchev–Trinajstić information content (AvgIpc) is 2.59. The number of nitrogens with zero attached hydrogens (tertiary/aromatic N) is 1. The third-order valence-corrected chi connectivity index (χ3v) is 3.39. The number of carbonyl (C=O) groups excluding carboxylic acids is 1. The Morgan fingerprint density at radius 3 is 2.94 bits per heavy atom. The van der Waals surface area contributed by atoms with Crippen molar-refractivity contribution >= 4 is 29.0 Å². The van der Waals surface area contributed by atoms with Crippen molar-refractivity contribution in [3.8, 4) is 0 Å². The number of nitrogens with two attached hydrogens (primary N) is 1. The second-order valence-corrected chi connectivity index (χ2v) is 5.31. The fraction of sp³-hybridized carbons (Fsp3) is 0.750. The summed E-state index contributed by atoms with van der Waals surface area (Å²) in [5, 5.41) is 4.15. The number of cyclic esters (lactones) is 1. The third-order valence-electron chi connectivity index (χ3n) is 3.30. The van der Waals surface area contributed by atoms with E-state index < -0.39 is 5.60 Å². The van der Waals surface area contributed by atoms with Crippen molar-refractivity contribution in [2.75, 3.05) is 0 Å². The molecule has 0 bridgehead atoms. The van der Waals surface area contributed by atoms with Crippen LogP contribution >= 0.6 is 12.2 Å². The SMILES string of the molecule is CCCCC1CC(C)(/C(C)=N\NC(N)=S)OC1=O. The summed E-state index contributed by atoms with van der Waals surface area (Å²) in [6.45, 7) is 5.79. The standard InChI is InChI=1S/C12H21N3O2S/c1-4-5-6-9-7-12(3,17-10(9)16)8(2)14-15-11(13)18/h9H,4-7H2,1-3H3,(H3,13,15,18)/b14-8-. The van der Waals surface area contributed by atoms with E-state index in [9.17, 15) is 4.79 Å². The fourth-order valence-electron chi connectivity index (χ4n) is 2.05. The number of carbonyl (C=O) groups is 1. The van der Waals surface area contributed by atoms with Crippen molar-refractivity contribution in [1.82, 2.24) is 5.43 Å². The van der Waals surface area contributed by atoms with Gasteiger partial charge < -0.3 is 10.5 Å². The number of unbranched alkanes of at least 4 members (excludes halogenated alkanes) is 1. The first-order valence-corrected chi connectivity index (χ1v) is 6.63. The molecule has 2 atom stereocenters. The van der Waals surface area contributed by atoms with Gasteiger partial charge in [-0.15, -0.1) is 0 Å². The van der Waals surface area contributed by atoms with Gasteiger partial charge in [0, 0.05) is 6.42 Å². The second-order valence-electron chi connectivity index (χ2n) is 4.87. The van der Waals surface area contributed by atoms with E-state index in [4.69, 9.17) is 10.5 Å². The molecule has 1 fully saturated rings. The molecule has 0 aromatic heterocycles. The van der Waals surface area contributed by atoms with Crippen LogP contribution < -0.4 is 11.2 Å². The molecule has 0 radical (unpaired) electrons. The molecule has 1 aliphatic heterocycles. The second kappa shape index (κ2) is 6.13. The van der Waals surface area contributed by atoms with Crippen molar-refractivity contribution in [3.05, 3.63) is 0 Å². The highest BCUT2D eigenvalue weighted by atomic mass is 32.1. The summed E-state index contributed by atoms with van der Waals surface area (Å²) in [4.78, 5) is 11.8. The molecule has 6 heteroatoms. The van der Waals surface area contributed by atoms with Crippen molar-refractivity contribution < 1.29 is 9.53 Å². The van der Waals surface area contributed by atoms with Gasteiger partial charge in [0.2, 0.25) is 0 Å². The van der Waals surface area contributed by atoms with Gasteiger partial charge in [-0.25, -0.2) is 0 Å². The van der Waals surface area contributed by atoms with Gasteiger partial charge in [-0.05, 0) is 32.5 Å². The van der Waals surface area contributed by atoms with E-state index in [0.29, 0.717) is 12.1 Å². The summed E-state index contributed by atoms with van der Waals surface area (Å²) in [6, 6.07) is 0. The molecular formula is C12H21N3O2S. The largest absolute Gasteiger partial charge is 0.453 e. The summed E-state index contributed by atoms with van der Waals surface area (Å²) in [6.07, 6.45) is 3.66. The molecule has 0 aromatic carbocycles. The van der Waals surface area contributed by atoms with Crippen LogP contribution in [0.5, 0.6) is 0 Å². The highest BCUT2D eigenvalue weighted by Crippen LogP contribution is 2.34. The average molecular weight is 271 g/mol. The molecule has 1 heterocycles. The van der Waals surface area contributed by atoms with Crippen LogP contribution in [0.1, 0.15) is 46.5 Å². The van der Waals surface area contributed by atoms with Crippen LogP contribution in [0.25, 0.3) is 0 Å². The lowest BCUT2D eigenvalue weighted by atomic mass is 9.89. The zero-order valence-corrected chi connectivity index (χ0v) is 12.0. The van der Waals surface area contributed by atoms with Crippen molar-refractivity contribution in [2.45, 2.75) is 52.1 Å². The lowest BCUT2D eigenvalue weighted by Crippen LogP contribution is -2.36. The van der Waals surface area contributed by atoms with E-state index in [-0.39, 0.29) is 17.0 Å². The van der Waals surface area contributed by atoms with Gasteiger partial charge in [-0.3, -0.25) is 10.2 Å². The Morgan fingerprint density at radius 1 is 1.72 bits per heavy atom. The van der Waals surface area contributed by atoms with Crippen LogP contribution in [0.2, 0.25) is 0 Å². The zero-order valence-electron chi connectivity index (χ0n) is 11.2. The minimum absolute atomic E-state index is 0.0232. The van der Waals surface area contributed by atoms with E-state index in [2.05, 4.69) is 29.7 Å². The number of ether oxygens (including phenoxy) is 1. The summed E-state index contributed by atoms with van der Waals surface area (Å²) in [5.74, 6) is -0.152. The summed E-state index contributed by atoms with van der Waals surface area (Å²) in [7, 11) is 0. The Labute approximate surface area is 113 Å². The Hall–Kier alpha value is -1.17.